The molecule has 0 aliphatic carbocycles. The Morgan fingerprint density at radius 2 is 1.56 bits per heavy atom. The van der Waals surface area contributed by atoms with Crippen molar-refractivity contribution in [1.82, 2.24) is 4.98 Å². The maximum absolute atomic E-state index is 12.8. The number of alkyl halides is 1. The average molecular weight is 506 g/mol. The molecular weight excluding hydrogens is 484 g/mol. The van der Waals surface area contributed by atoms with Crippen molar-refractivity contribution in [3.63, 3.8) is 0 Å². The molecule has 34 heavy (non-hydrogen) atoms. The van der Waals surface area contributed by atoms with E-state index in [1.165, 1.54) is 26.4 Å². The van der Waals surface area contributed by atoms with Gasteiger partial charge in [-0.1, -0.05) is 29.3 Å². The summed E-state index contributed by atoms with van der Waals surface area (Å²) in [4.78, 5) is 29.9. The maximum Gasteiger partial charge on any atom is 0.181 e. The molecule has 0 spiro atoms. The quantitative estimate of drug-likeness (QED) is 0.286. The third-order valence-corrected chi connectivity index (χ3v) is 5.70. The fourth-order valence-electron chi connectivity index (χ4n) is 3.22. The zero-order valence-corrected chi connectivity index (χ0v) is 20.1. The highest BCUT2D eigenvalue weighted by atomic mass is 35.5. The van der Waals surface area contributed by atoms with Gasteiger partial charge in [0.25, 0.3) is 0 Å². The van der Waals surface area contributed by atoms with E-state index in [1.807, 2.05) is 0 Å². The minimum atomic E-state index is -0.641. The van der Waals surface area contributed by atoms with Crippen molar-refractivity contribution in [2.24, 2.45) is 0 Å². The number of carbonyl (C=O) groups is 2. The van der Waals surface area contributed by atoms with Crippen LogP contribution in [0, 0.1) is 0 Å². The first-order valence-corrected chi connectivity index (χ1v) is 11.1. The molecule has 1 aromatic heterocycles. The molecule has 0 atom stereocenters. The Bertz CT molecular complexity index is 1200. The maximum atomic E-state index is 12.8. The monoisotopic (exact) mass is 505 g/mol. The summed E-state index contributed by atoms with van der Waals surface area (Å²) in [6, 6.07) is 12.8. The van der Waals surface area contributed by atoms with E-state index in [4.69, 9.17) is 37.4 Å². The van der Waals surface area contributed by atoms with Crippen LogP contribution in [0.25, 0.3) is 11.3 Å². The van der Waals surface area contributed by atoms with Crippen molar-refractivity contribution in [2.45, 2.75) is 12.8 Å². The number of methoxy groups -OCH3 is 2. The minimum absolute atomic E-state index is 0.0253. The van der Waals surface area contributed by atoms with E-state index < -0.39 is 6.67 Å². The third-order valence-electron chi connectivity index (χ3n) is 4.96. The van der Waals surface area contributed by atoms with Crippen LogP contribution in [0.3, 0.4) is 0 Å². The van der Waals surface area contributed by atoms with Crippen molar-refractivity contribution >= 4 is 34.8 Å². The van der Waals surface area contributed by atoms with E-state index in [0.29, 0.717) is 44.1 Å². The molecule has 0 unspecified atom stereocenters. The fraction of sp³-hybridized carbons (Fsp3) is 0.240. The van der Waals surface area contributed by atoms with Crippen molar-refractivity contribution in [2.75, 3.05) is 27.5 Å². The molecule has 2 aromatic carbocycles. The minimum Gasteiger partial charge on any atom is -0.494 e. The molecule has 0 saturated carbocycles. The number of carbonyl (C=O) groups excluding carboxylic acids is 2. The number of pyridine rings is 1. The molecule has 3 rings (SSSR count). The van der Waals surface area contributed by atoms with Crippen LogP contribution in [0.5, 0.6) is 17.2 Å². The molecule has 0 N–H and O–H groups in total. The van der Waals surface area contributed by atoms with E-state index >= 15 is 0 Å². The van der Waals surface area contributed by atoms with Gasteiger partial charge in [-0.15, -0.1) is 0 Å². The van der Waals surface area contributed by atoms with Gasteiger partial charge in [0.05, 0.1) is 24.3 Å². The van der Waals surface area contributed by atoms with Gasteiger partial charge in [-0.25, -0.2) is 9.37 Å². The Morgan fingerprint density at radius 3 is 2.24 bits per heavy atom. The van der Waals surface area contributed by atoms with Gasteiger partial charge in [-0.2, -0.15) is 0 Å². The van der Waals surface area contributed by atoms with E-state index in [2.05, 4.69) is 4.98 Å². The van der Waals surface area contributed by atoms with Crippen LogP contribution in [0.2, 0.25) is 10.0 Å². The van der Waals surface area contributed by atoms with Gasteiger partial charge in [0, 0.05) is 24.0 Å². The van der Waals surface area contributed by atoms with Gasteiger partial charge in [0.1, 0.15) is 30.4 Å². The van der Waals surface area contributed by atoms with Crippen molar-refractivity contribution < 1.29 is 28.2 Å². The summed E-state index contributed by atoms with van der Waals surface area (Å²) in [5.74, 6) is 0.570. The highest BCUT2D eigenvalue weighted by Crippen LogP contribution is 2.33. The van der Waals surface area contributed by atoms with Crippen LogP contribution >= 0.6 is 23.2 Å². The second-order valence-electron chi connectivity index (χ2n) is 7.13. The van der Waals surface area contributed by atoms with Crippen LogP contribution in [-0.4, -0.2) is 44.1 Å². The number of hydrogen-bond donors (Lipinski definition) is 0. The lowest BCUT2D eigenvalue weighted by Crippen LogP contribution is -2.08. The first-order chi connectivity index (χ1) is 16.4. The average Bonchev–Trinajstić information content (AvgIpc) is 2.86. The van der Waals surface area contributed by atoms with Crippen LogP contribution in [0.1, 0.15) is 33.7 Å². The standard InChI is InChI=1S/C25H22Cl2FNO5/c1-32-23-10-6-19(29-25(23)16-3-5-17(26)18(27)13-16)21(31)8-7-20(30)15-4-9-22(34-12-11-28)24(14-15)33-2/h3-6,9-10,13-14H,7-8,11-12H2,1-2H3. The predicted octanol–water partition coefficient (Wildman–Crippen LogP) is 6.27. The number of ether oxygens (including phenoxy) is 3. The number of aromatic nitrogens is 1. The smallest absolute Gasteiger partial charge is 0.181 e. The van der Waals surface area contributed by atoms with Gasteiger partial charge < -0.3 is 14.2 Å². The van der Waals surface area contributed by atoms with Crippen LogP contribution in [0.15, 0.2) is 48.5 Å². The number of nitrogens with zero attached hydrogens (tertiary/aromatic N) is 1. The number of rotatable bonds is 11. The zero-order valence-electron chi connectivity index (χ0n) is 18.6. The lowest BCUT2D eigenvalue weighted by molar-refractivity contribution is 0.0915. The SMILES string of the molecule is COc1cc(C(=O)CCC(=O)c2ccc(OC)c(-c3ccc(Cl)c(Cl)c3)n2)ccc1OCCF. The van der Waals surface area contributed by atoms with Crippen LogP contribution in [0.4, 0.5) is 4.39 Å². The van der Waals surface area contributed by atoms with Crippen molar-refractivity contribution in [3.05, 3.63) is 69.8 Å². The Balaban J connectivity index is 1.74. The largest absolute Gasteiger partial charge is 0.494 e. The summed E-state index contributed by atoms with van der Waals surface area (Å²) >= 11 is 12.1. The molecule has 6 nitrogen and oxygen atoms in total. The molecule has 0 aliphatic heterocycles. The second kappa shape index (κ2) is 11.8. The highest BCUT2D eigenvalue weighted by Gasteiger charge is 2.17. The molecule has 0 bridgehead atoms. The molecule has 9 heteroatoms. The summed E-state index contributed by atoms with van der Waals surface area (Å²) in [5.41, 5.74) is 1.63. The van der Waals surface area contributed by atoms with E-state index in [9.17, 15) is 14.0 Å². The normalized spacial score (nSPS) is 10.6. The van der Waals surface area contributed by atoms with Gasteiger partial charge in [0.2, 0.25) is 0 Å². The summed E-state index contributed by atoms with van der Waals surface area (Å²) < 4.78 is 28.2. The summed E-state index contributed by atoms with van der Waals surface area (Å²) in [7, 11) is 2.93. The van der Waals surface area contributed by atoms with Crippen LogP contribution in [-0.2, 0) is 0 Å². The van der Waals surface area contributed by atoms with Gasteiger partial charge in [0.15, 0.2) is 23.1 Å². The summed E-state index contributed by atoms with van der Waals surface area (Å²) in [5, 5.41) is 0.746. The van der Waals surface area contributed by atoms with Crippen molar-refractivity contribution in [1.29, 1.82) is 0 Å². The molecule has 178 valence electrons. The Morgan fingerprint density at radius 1 is 0.853 bits per heavy atom. The predicted molar refractivity (Wildman–Crippen MR) is 129 cm³/mol. The lowest BCUT2D eigenvalue weighted by Gasteiger charge is -2.11. The molecule has 0 radical (unpaired) electrons. The number of hydrogen-bond acceptors (Lipinski definition) is 6. The zero-order chi connectivity index (χ0) is 24.7. The number of Topliss-reactive ketones (excluding diaryl/α,β-unsaturated/α-hetero) is 2. The second-order valence-corrected chi connectivity index (χ2v) is 7.94. The molecule has 0 aliphatic rings. The van der Waals surface area contributed by atoms with Crippen LogP contribution < -0.4 is 14.2 Å². The van der Waals surface area contributed by atoms with Crippen molar-refractivity contribution in [3.8, 4) is 28.5 Å². The first kappa shape index (κ1) is 25.5. The van der Waals surface area contributed by atoms with Gasteiger partial charge >= 0.3 is 0 Å². The first-order valence-electron chi connectivity index (χ1n) is 10.3. The molecule has 0 amide bonds. The lowest BCUT2D eigenvalue weighted by atomic mass is 10.0. The Hall–Kier alpha value is -3.16. The van der Waals surface area contributed by atoms with Gasteiger partial charge in [-0.05, 0) is 42.5 Å². The summed E-state index contributed by atoms with van der Waals surface area (Å²) in [6.45, 7) is -0.755. The summed E-state index contributed by atoms with van der Waals surface area (Å²) in [6.07, 6.45) is -0.0656. The fourth-order valence-corrected chi connectivity index (χ4v) is 3.52. The highest BCUT2D eigenvalue weighted by molar-refractivity contribution is 6.42. The third kappa shape index (κ3) is 6.04. The molecule has 0 fully saturated rings. The molecule has 0 saturated heterocycles. The van der Waals surface area contributed by atoms with E-state index in [0.717, 1.165) is 0 Å². The molecule has 1 heterocycles. The molecular formula is C25H22Cl2FNO5. The Kier molecular flexibility index (Phi) is 8.85. The number of ketones is 2. The topological polar surface area (TPSA) is 74.7 Å². The number of halogens is 3. The van der Waals surface area contributed by atoms with Gasteiger partial charge in [-0.3, -0.25) is 9.59 Å². The molecule has 3 aromatic rings. The number of benzene rings is 2. The Labute approximate surface area is 206 Å². The van der Waals surface area contributed by atoms with E-state index in [-0.39, 0.29) is 36.7 Å². The van der Waals surface area contributed by atoms with E-state index in [1.54, 1.807) is 36.4 Å².